The van der Waals surface area contributed by atoms with Gasteiger partial charge < -0.3 is 19.9 Å². The molecule has 0 spiro atoms. The highest BCUT2D eigenvalue weighted by Gasteiger charge is 2.34. The van der Waals surface area contributed by atoms with Crippen molar-refractivity contribution in [1.82, 2.24) is 5.32 Å². The highest BCUT2D eigenvalue weighted by Crippen LogP contribution is 2.18. The topological polar surface area (TPSA) is 84.9 Å². The van der Waals surface area contributed by atoms with E-state index in [2.05, 4.69) is 21.2 Å². The number of carbonyl (C=O) groups is 2. The lowest BCUT2D eigenvalue weighted by Gasteiger charge is -2.15. The Labute approximate surface area is 130 Å². The predicted molar refractivity (Wildman–Crippen MR) is 78.1 cm³/mol. The van der Waals surface area contributed by atoms with Gasteiger partial charge in [-0.05, 0) is 18.2 Å². The van der Waals surface area contributed by atoms with Crippen LogP contribution in [0.2, 0.25) is 0 Å². The molecule has 2 unspecified atom stereocenters. The molecule has 1 aromatic rings. The Morgan fingerprint density at radius 1 is 1.43 bits per heavy atom. The number of carbonyl (C=O) groups excluding carboxylic acids is 1. The maximum Gasteiger partial charge on any atom is 0.311 e. The van der Waals surface area contributed by atoms with Crippen molar-refractivity contribution >= 4 is 27.8 Å². The number of halogens is 1. The third kappa shape index (κ3) is 4.71. The number of nitrogens with one attached hydrogen (secondary N) is 1. The smallest absolute Gasteiger partial charge is 0.311 e. The number of carboxylic acid groups (broad SMARTS) is 1. The molecule has 0 aromatic heterocycles. The number of carboxylic acids is 1. The molecule has 0 saturated carbocycles. The summed E-state index contributed by atoms with van der Waals surface area (Å²) in [7, 11) is 0. The second kappa shape index (κ2) is 7.42. The number of hydrogen-bond acceptors (Lipinski definition) is 4. The van der Waals surface area contributed by atoms with Gasteiger partial charge in [-0.2, -0.15) is 0 Å². The Balaban J connectivity index is 1.74. The first kappa shape index (κ1) is 15.8. The SMILES string of the molecule is O=C(CCOc1cccc(Br)c1)NC1COCC1C(=O)O. The normalized spacial score (nSPS) is 21.0. The third-order valence-corrected chi connectivity index (χ3v) is 3.63. The highest BCUT2D eigenvalue weighted by atomic mass is 79.9. The van der Waals surface area contributed by atoms with E-state index in [0.717, 1.165) is 4.47 Å². The van der Waals surface area contributed by atoms with Gasteiger partial charge in [-0.25, -0.2) is 0 Å². The molecule has 21 heavy (non-hydrogen) atoms. The summed E-state index contributed by atoms with van der Waals surface area (Å²) in [6.45, 7) is 0.595. The molecule has 7 heteroatoms. The first-order valence-electron chi connectivity index (χ1n) is 6.54. The van der Waals surface area contributed by atoms with Crippen LogP contribution in [0.3, 0.4) is 0 Å². The molecule has 0 bridgehead atoms. The second-order valence-corrected chi connectivity index (χ2v) is 5.63. The molecule has 1 fully saturated rings. The lowest BCUT2D eigenvalue weighted by atomic mass is 10.0. The molecule has 6 nitrogen and oxygen atoms in total. The van der Waals surface area contributed by atoms with Crippen LogP contribution in [0.4, 0.5) is 0 Å². The van der Waals surface area contributed by atoms with E-state index < -0.39 is 17.9 Å². The monoisotopic (exact) mass is 357 g/mol. The second-order valence-electron chi connectivity index (χ2n) is 4.71. The molecule has 0 aliphatic carbocycles. The zero-order valence-corrected chi connectivity index (χ0v) is 12.8. The quantitative estimate of drug-likeness (QED) is 0.804. The molecule has 1 saturated heterocycles. The summed E-state index contributed by atoms with van der Waals surface area (Å²) in [4.78, 5) is 22.7. The average Bonchev–Trinajstić information content (AvgIpc) is 2.87. The molecule has 2 N–H and O–H groups in total. The van der Waals surface area contributed by atoms with E-state index in [9.17, 15) is 9.59 Å². The summed E-state index contributed by atoms with van der Waals surface area (Å²) < 4.78 is 11.4. The minimum Gasteiger partial charge on any atom is -0.493 e. The van der Waals surface area contributed by atoms with Gasteiger partial charge in [0.1, 0.15) is 11.7 Å². The minimum atomic E-state index is -0.955. The largest absolute Gasteiger partial charge is 0.493 e. The van der Waals surface area contributed by atoms with E-state index in [1.54, 1.807) is 6.07 Å². The van der Waals surface area contributed by atoms with Crippen molar-refractivity contribution in [3.05, 3.63) is 28.7 Å². The lowest BCUT2D eigenvalue weighted by Crippen LogP contribution is -2.43. The van der Waals surface area contributed by atoms with Gasteiger partial charge in [0.15, 0.2) is 0 Å². The van der Waals surface area contributed by atoms with E-state index >= 15 is 0 Å². The van der Waals surface area contributed by atoms with Gasteiger partial charge in [-0.1, -0.05) is 22.0 Å². The van der Waals surface area contributed by atoms with Gasteiger partial charge in [0.25, 0.3) is 0 Å². The molecular weight excluding hydrogens is 342 g/mol. The summed E-state index contributed by atoms with van der Waals surface area (Å²) in [5, 5.41) is 11.7. The molecule has 1 aliphatic heterocycles. The predicted octanol–water partition coefficient (Wildman–Crippen LogP) is 1.43. The van der Waals surface area contributed by atoms with Crippen molar-refractivity contribution in [2.45, 2.75) is 12.5 Å². The highest BCUT2D eigenvalue weighted by molar-refractivity contribution is 9.10. The van der Waals surface area contributed by atoms with Crippen molar-refractivity contribution in [1.29, 1.82) is 0 Å². The Hall–Kier alpha value is -1.60. The van der Waals surface area contributed by atoms with Crippen LogP contribution in [-0.2, 0) is 14.3 Å². The van der Waals surface area contributed by atoms with Crippen molar-refractivity contribution in [2.24, 2.45) is 5.92 Å². The Bertz CT molecular complexity index is 522. The van der Waals surface area contributed by atoms with Crippen LogP contribution in [0.5, 0.6) is 5.75 Å². The Morgan fingerprint density at radius 3 is 2.95 bits per heavy atom. The summed E-state index contributed by atoms with van der Waals surface area (Å²) in [5.74, 6) is -1.21. The number of hydrogen-bond donors (Lipinski definition) is 2. The summed E-state index contributed by atoms with van der Waals surface area (Å²) >= 11 is 3.33. The zero-order chi connectivity index (χ0) is 15.2. The minimum absolute atomic E-state index is 0.134. The molecule has 1 aromatic carbocycles. The zero-order valence-electron chi connectivity index (χ0n) is 11.3. The van der Waals surface area contributed by atoms with Crippen LogP contribution in [0.15, 0.2) is 28.7 Å². The molecule has 0 radical (unpaired) electrons. The van der Waals surface area contributed by atoms with Crippen LogP contribution < -0.4 is 10.1 Å². The van der Waals surface area contributed by atoms with Crippen LogP contribution in [0.25, 0.3) is 0 Å². The van der Waals surface area contributed by atoms with E-state index in [0.29, 0.717) is 5.75 Å². The standard InChI is InChI=1S/C14H16BrNO5/c15-9-2-1-3-10(6-9)21-5-4-13(17)16-12-8-20-7-11(12)14(18)19/h1-3,6,11-12H,4-5,7-8H2,(H,16,17)(H,18,19). The number of rotatable bonds is 6. The maximum absolute atomic E-state index is 11.8. The van der Waals surface area contributed by atoms with Crippen molar-refractivity contribution in [3.63, 3.8) is 0 Å². The van der Waals surface area contributed by atoms with Crippen molar-refractivity contribution < 1.29 is 24.2 Å². The first-order chi connectivity index (χ1) is 10.1. The van der Waals surface area contributed by atoms with Crippen LogP contribution >= 0.6 is 15.9 Å². The van der Waals surface area contributed by atoms with Gasteiger partial charge in [0.2, 0.25) is 5.91 Å². The fourth-order valence-electron chi connectivity index (χ4n) is 2.04. The molecule has 1 aliphatic rings. The Kier molecular flexibility index (Phi) is 5.58. The van der Waals surface area contributed by atoms with Gasteiger partial charge in [-0.15, -0.1) is 0 Å². The fourth-order valence-corrected chi connectivity index (χ4v) is 2.42. The molecule has 2 rings (SSSR count). The van der Waals surface area contributed by atoms with Gasteiger partial charge in [-0.3, -0.25) is 9.59 Å². The average molecular weight is 358 g/mol. The van der Waals surface area contributed by atoms with Gasteiger partial charge >= 0.3 is 5.97 Å². The number of ether oxygens (including phenoxy) is 2. The lowest BCUT2D eigenvalue weighted by molar-refractivity contribution is -0.142. The first-order valence-corrected chi connectivity index (χ1v) is 7.34. The maximum atomic E-state index is 11.8. The van der Waals surface area contributed by atoms with E-state index in [-0.39, 0.29) is 32.1 Å². The Morgan fingerprint density at radius 2 is 2.24 bits per heavy atom. The van der Waals surface area contributed by atoms with Crippen LogP contribution in [0, 0.1) is 5.92 Å². The van der Waals surface area contributed by atoms with Crippen molar-refractivity contribution in [2.75, 3.05) is 19.8 Å². The third-order valence-electron chi connectivity index (χ3n) is 3.14. The summed E-state index contributed by atoms with van der Waals surface area (Å²) in [6.07, 6.45) is 0.162. The number of amides is 1. The summed E-state index contributed by atoms with van der Waals surface area (Å²) in [5.41, 5.74) is 0. The number of aliphatic carboxylic acids is 1. The van der Waals surface area contributed by atoms with Gasteiger partial charge in [0, 0.05) is 4.47 Å². The molecule has 1 heterocycles. The molecule has 1 amide bonds. The molecule has 114 valence electrons. The van der Waals surface area contributed by atoms with Crippen molar-refractivity contribution in [3.8, 4) is 5.75 Å². The van der Waals surface area contributed by atoms with Crippen LogP contribution in [0.1, 0.15) is 6.42 Å². The number of benzene rings is 1. The molecule has 2 atom stereocenters. The molecular formula is C14H16BrNO5. The fraction of sp³-hybridized carbons (Fsp3) is 0.429. The van der Waals surface area contributed by atoms with E-state index in [1.165, 1.54) is 0 Å². The van der Waals surface area contributed by atoms with Gasteiger partial charge in [0.05, 0.1) is 32.3 Å². The van der Waals surface area contributed by atoms with E-state index in [4.69, 9.17) is 14.6 Å². The summed E-state index contributed by atoms with van der Waals surface area (Å²) in [6, 6.07) is 6.86. The van der Waals surface area contributed by atoms with E-state index in [1.807, 2.05) is 18.2 Å². The van der Waals surface area contributed by atoms with Crippen LogP contribution in [-0.4, -0.2) is 42.8 Å².